The molecular weight excluding hydrogens is 163 g/mol. The Bertz CT molecular complexity index is 146. The maximum atomic E-state index is 8.84. The predicted octanol–water partition coefficient (Wildman–Crippen LogP) is 0.822. The zero-order valence-electron chi connectivity index (χ0n) is 6.73. The van der Waals surface area contributed by atoms with Crippen molar-refractivity contribution in [3.05, 3.63) is 0 Å². The van der Waals surface area contributed by atoms with Crippen LogP contribution in [-0.4, -0.2) is 27.0 Å². The van der Waals surface area contributed by atoms with E-state index in [4.69, 9.17) is 15.0 Å². The fourth-order valence-corrected chi connectivity index (χ4v) is 1.47. The lowest BCUT2D eigenvalue weighted by molar-refractivity contribution is 0.320. The van der Waals surface area contributed by atoms with Gasteiger partial charge >= 0.3 is 0 Å². The van der Waals surface area contributed by atoms with Gasteiger partial charge in [-0.05, 0) is 13.3 Å². The molecule has 0 rings (SSSR count). The van der Waals surface area contributed by atoms with Crippen molar-refractivity contribution in [2.24, 2.45) is 0 Å². The van der Waals surface area contributed by atoms with Crippen LogP contribution in [0.3, 0.4) is 0 Å². The van der Waals surface area contributed by atoms with Gasteiger partial charge in [0.05, 0.1) is 6.07 Å². The van der Waals surface area contributed by atoms with Crippen molar-refractivity contribution in [1.29, 1.82) is 5.26 Å². The predicted molar refractivity (Wildman–Crippen MR) is 43.4 cm³/mol. The molecule has 64 valence electrons. The number of rotatable bonds is 4. The number of hydrogen-bond acceptors (Lipinski definition) is 4. The van der Waals surface area contributed by atoms with Crippen LogP contribution >= 0.6 is 8.53 Å². The highest BCUT2D eigenvalue weighted by atomic mass is 31.2. The Morgan fingerprint density at radius 3 is 2.45 bits per heavy atom. The van der Waals surface area contributed by atoms with Crippen molar-refractivity contribution >= 4 is 8.53 Å². The normalized spacial score (nSPS) is 13.5. The minimum atomic E-state index is -2.10. The molecule has 0 bridgehead atoms. The molecule has 0 aromatic carbocycles. The van der Waals surface area contributed by atoms with E-state index in [2.05, 4.69) is 0 Å². The molecule has 0 saturated heterocycles. The maximum absolute atomic E-state index is 8.84. The second-order valence-electron chi connectivity index (χ2n) is 2.24. The lowest BCUT2D eigenvalue weighted by atomic mass is 10.3. The quantitative estimate of drug-likeness (QED) is 0.622. The van der Waals surface area contributed by atoms with E-state index in [1.165, 1.54) is 4.67 Å². The zero-order valence-corrected chi connectivity index (χ0v) is 7.62. The molecule has 0 amide bonds. The first kappa shape index (κ1) is 10.8. The summed E-state index contributed by atoms with van der Waals surface area (Å²) in [5.74, 6) is 0. The van der Waals surface area contributed by atoms with Crippen LogP contribution in [0.1, 0.15) is 20.3 Å². The summed E-state index contributed by atoms with van der Waals surface area (Å²) >= 11 is 0. The van der Waals surface area contributed by atoms with E-state index in [1.54, 1.807) is 6.92 Å². The highest BCUT2D eigenvalue weighted by Gasteiger charge is 2.19. The molecule has 1 atom stereocenters. The van der Waals surface area contributed by atoms with Crippen LogP contribution in [0.4, 0.5) is 0 Å². The summed E-state index contributed by atoms with van der Waals surface area (Å²) in [5.41, 5.74) is 0. The Balaban J connectivity index is 4.00. The number of hydrogen-bond donors (Lipinski definition) is 2. The lowest BCUT2D eigenvalue weighted by Crippen LogP contribution is -2.27. The monoisotopic (exact) mass is 176 g/mol. The van der Waals surface area contributed by atoms with E-state index in [1.807, 2.05) is 13.0 Å². The largest absolute Gasteiger partial charge is 0.338 e. The van der Waals surface area contributed by atoms with Crippen molar-refractivity contribution in [1.82, 2.24) is 4.67 Å². The molecule has 4 nitrogen and oxygen atoms in total. The Hall–Kier alpha value is -0.200. The van der Waals surface area contributed by atoms with E-state index < -0.39 is 14.6 Å². The summed E-state index contributed by atoms with van der Waals surface area (Å²) in [6.07, 6.45) is 0.811. The second-order valence-corrected chi connectivity index (χ2v) is 3.29. The van der Waals surface area contributed by atoms with E-state index in [0.717, 1.165) is 6.42 Å². The molecule has 0 aliphatic rings. The molecule has 2 N–H and O–H groups in total. The van der Waals surface area contributed by atoms with Crippen molar-refractivity contribution in [2.45, 2.75) is 26.3 Å². The van der Waals surface area contributed by atoms with Crippen LogP contribution in [-0.2, 0) is 0 Å². The van der Waals surface area contributed by atoms with Gasteiger partial charge < -0.3 is 9.79 Å². The van der Waals surface area contributed by atoms with Gasteiger partial charge in [0.25, 0.3) is 8.53 Å². The molecule has 0 fully saturated rings. The third kappa shape index (κ3) is 3.64. The molecule has 0 aliphatic heterocycles. The molecule has 0 radical (unpaired) electrons. The van der Waals surface area contributed by atoms with Crippen LogP contribution in [0.2, 0.25) is 0 Å². The number of nitrogens with zero attached hydrogens (tertiary/aromatic N) is 2. The summed E-state index contributed by atoms with van der Waals surface area (Å²) < 4.78 is 1.38. The smallest absolute Gasteiger partial charge is 0.254 e. The van der Waals surface area contributed by atoms with Crippen LogP contribution in [0.5, 0.6) is 0 Å². The van der Waals surface area contributed by atoms with Crippen LogP contribution in [0.15, 0.2) is 0 Å². The van der Waals surface area contributed by atoms with Gasteiger partial charge in [-0.15, -0.1) is 0 Å². The van der Waals surface area contributed by atoms with E-state index >= 15 is 0 Å². The molecule has 0 aromatic heterocycles. The van der Waals surface area contributed by atoms with Gasteiger partial charge in [-0.2, -0.15) is 5.26 Å². The van der Waals surface area contributed by atoms with Crippen molar-refractivity contribution in [3.63, 3.8) is 0 Å². The van der Waals surface area contributed by atoms with Gasteiger partial charge in [-0.3, -0.25) is 0 Å². The molecule has 11 heavy (non-hydrogen) atoms. The first-order valence-corrected chi connectivity index (χ1v) is 4.67. The summed E-state index contributed by atoms with van der Waals surface area (Å²) in [7, 11) is -2.10. The first-order valence-electron chi connectivity index (χ1n) is 3.47. The zero-order chi connectivity index (χ0) is 8.85. The Morgan fingerprint density at radius 1 is 1.64 bits per heavy atom. The van der Waals surface area contributed by atoms with Gasteiger partial charge in [0.2, 0.25) is 0 Å². The summed E-state index contributed by atoms with van der Waals surface area (Å²) in [5, 5.41) is 8.48. The third-order valence-electron chi connectivity index (χ3n) is 1.32. The minimum Gasteiger partial charge on any atom is -0.338 e. The molecular formula is C6H13N2O2P. The van der Waals surface area contributed by atoms with E-state index in [0.29, 0.717) is 6.54 Å². The van der Waals surface area contributed by atoms with Crippen molar-refractivity contribution in [2.75, 3.05) is 6.54 Å². The van der Waals surface area contributed by atoms with Gasteiger partial charge in [-0.25, -0.2) is 4.67 Å². The first-order chi connectivity index (χ1) is 5.13. The standard InChI is InChI=1S/C6H13N2O2P/c1-3-4-8(11(9)10)6(2)5-7/h6,9-10H,3-4H2,1-2H3. The SMILES string of the molecule is CCCN(C(C)C#N)P(O)O. The lowest BCUT2D eigenvalue weighted by Gasteiger charge is -2.23. The molecule has 0 aliphatic carbocycles. The van der Waals surface area contributed by atoms with E-state index in [9.17, 15) is 0 Å². The fraction of sp³-hybridized carbons (Fsp3) is 0.833. The van der Waals surface area contributed by atoms with Crippen LogP contribution in [0, 0.1) is 11.3 Å². The summed E-state index contributed by atoms with van der Waals surface area (Å²) in [4.78, 5) is 17.7. The molecule has 0 heterocycles. The Kier molecular flexibility index (Phi) is 5.35. The fourth-order valence-electron chi connectivity index (χ4n) is 0.734. The molecule has 0 aromatic rings. The minimum absolute atomic E-state index is 0.420. The second kappa shape index (κ2) is 5.45. The highest BCUT2D eigenvalue weighted by molar-refractivity contribution is 7.42. The van der Waals surface area contributed by atoms with Gasteiger partial charge in [0, 0.05) is 6.54 Å². The third-order valence-corrected chi connectivity index (χ3v) is 2.32. The Morgan fingerprint density at radius 2 is 2.18 bits per heavy atom. The highest BCUT2D eigenvalue weighted by Crippen LogP contribution is 2.31. The van der Waals surface area contributed by atoms with Crippen molar-refractivity contribution < 1.29 is 9.79 Å². The summed E-state index contributed by atoms with van der Waals surface area (Å²) in [6.45, 7) is 4.13. The summed E-state index contributed by atoms with van der Waals surface area (Å²) in [6, 6.07) is 1.53. The molecule has 0 spiro atoms. The average molecular weight is 176 g/mol. The van der Waals surface area contributed by atoms with Crippen LogP contribution < -0.4 is 0 Å². The average Bonchev–Trinajstić information content (AvgIpc) is 1.98. The number of nitriles is 1. The van der Waals surface area contributed by atoms with Crippen LogP contribution in [0.25, 0.3) is 0 Å². The maximum Gasteiger partial charge on any atom is 0.254 e. The van der Waals surface area contributed by atoms with Crippen molar-refractivity contribution in [3.8, 4) is 6.07 Å². The molecule has 5 heteroatoms. The molecule has 1 unspecified atom stereocenters. The van der Waals surface area contributed by atoms with Gasteiger partial charge in [0.1, 0.15) is 6.04 Å². The van der Waals surface area contributed by atoms with Gasteiger partial charge in [0.15, 0.2) is 0 Å². The van der Waals surface area contributed by atoms with Gasteiger partial charge in [-0.1, -0.05) is 6.92 Å². The molecule has 0 saturated carbocycles. The topological polar surface area (TPSA) is 67.5 Å². The van der Waals surface area contributed by atoms with E-state index in [-0.39, 0.29) is 0 Å². The Labute approximate surface area is 68.0 Å².